The number of rotatable bonds is 4. The Bertz CT molecular complexity index is 238. The normalized spacial score (nSPS) is 18.1. The minimum absolute atomic E-state index is 0.0968. The van der Waals surface area contributed by atoms with Crippen LogP contribution in [-0.2, 0) is 4.74 Å². The third kappa shape index (κ3) is 3.57. The summed E-state index contributed by atoms with van der Waals surface area (Å²) in [6, 6.07) is 0. The number of alkyl carbamates (subject to hydrolysis) is 1. The van der Waals surface area contributed by atoms with Crippen molar-refractivity contribution >= 4 is 6.09 Å². The van der Waals surface area contributed by atoms with E-state index in [4.69, 9.17) is 4.74 Å². The molecule has 0 aromatic heterocycles. The molecule has 0 saturated heterocycles. The summed E-state index contributed by atoms with van der Waals surface area (Å²) in [5, 5.41) is 3.00. The number of amides is 1. The monoisotopic (exact) mass is 211 g/mol. The second-order valence-corrected chi connectivity index (χ2v) is 4.60. The average molecular weight is 211 g/mol. The zero-order valence-corrected chi connectivity index (χ0v) is 9.88. The highest BCUT2D eigenvalue weighted by atomic mass is 16.5. The predicted octanol–water partition coefficient (Wildman–Crippen LogP) is 2.87. The lowest BCUT2D eigenvalue weighted by Crippen LogP contribution is -2.47. The fraction of sp³-hybridized carbons (Fsp3) is 0.750. The van der Waals surface area contributed by atoms with Crippen molar-refractivity contribution < 1.29 is 9.53 Å². The molecule has 0 saturated carbocycles. The number of hydrogen-bond acceptors (Lipinski definition) is 2. The van der Waals surface area contributed by atoms with Crippen LogP contribution in [0.5, 0.6) is 0 Å². The van der Waals surface area contributed by atoms with Gasteiger partial charge in [-0.2, -0.15) is 0 Å². The Kier molecular flexibility index (Phi) is 4.18. The van der Waals surface area contributed by atoms with E-state index in [1.165, 1.54) is 0 Å². The van der Waals surface area contributed by atoms with Gasteiger partial charge in [0.05, 0.1) is 12.1 Å². The molecule has 0 fully saturated rings. The van der Waals surface area contributed by atoms with Crippen molar-refractivity contribution in [1.82, 2.24) is 5.32 Å². The van der Waals surface area contributed by atoms with E-state index in [0.717, 1.165) is 19.3 Å². The van der Waals surface area contributed by atoms with Gasteiger partial charge in [0.25, 0.3) is 0 Å². The number of ether oxygens (including phenoxy) is 1. The van der Waals surface area contributed by atoms with Gasteiger partial charge in [-0.15, -0.1) is 0 Å². The Morgan fingerprint density at radius 1 is 1.47 bits per heavy atom. The number of carbonyl (C=O) groups is 1. The van der Waals surface area contributed by atoms with Crippen LogP contribution < -0.4 is 5.32 Å². The van der Waals surface area contributed by atoms with Gasteiger partial charge < -0.3 is 10.1 Å². The molecule has 3 nitrogen and oxygen atoms in total. The maximum Gasteiger partial charge on any atom is 0.407 e. The van der Waals surface area contributed by atoms with E-state index < -0.39 is 0 Å². The molecule has 0 spiro atoms. The number of carbonyl (C=O) groups excluding carboxylic acids is 1. The van der Waals surface area contributed by atoms with E-state index in [2.05, 4.69) is 31.3 Å². The zero-order chi connectivity index (χ0) is 11.3. The van der Waals surface area contributed by atoms with E-state index in [0.29, 0.717) is 12.5 Å². The number of nitrogens with one attached hydrogen (secondary N) is 1. The second kappa shape index (κ2) is 5.19. The molecule has 0 aromatic carbocycles. The molecule has 1 N–H and O–H groups in total. The topological polar surface area (TPSA) is 38.3 Å². The molecule has 0 aromatic rings. The molecule has 86 valence electrons. The summed E-state index contributed by atoms with van der Waals surface area (Å²) in [4.78, 5) is 11.4. The first-order valence-corrected chi connectivity index (χ1v) is 5.68. The van der Waals surface area contributed by atoms with Gasteiger partial charge in [-0.05, 0) is 32.1 Å². The fourth-order valence-corrected chi connectivity index (χ4v) is 2.19. The summed E-state index contributed by atoms with van der Waals surface area (Å²) in [5.41, 5.74) is -0.0968. The largest absolute Gasteiger partial charge is 0.450 e. The molecule has 15 heavy (non-hydrogen) atoms. The second-order valence-electron chi connectivity index (χ2n) is 4.60. The predicted molar refractivity (Wildman–Crippen MR) is 60.7 cm³/mol. The molecule has 0 atom stereocenters. The third-order valence-electron chi connectivity index (χ3n) is 2.63. The maximum absolute atomic E-state index is 11.4. The highest BCUT2D eigenvalue weighted by molar-refractivity contribution is 5.68. The average Bonchev–Trinajstić information content (AvgIpc) is 2.51. The molecule has 1 aliphatic carbocycles. The Labute approximate surface area is 91.9 Å². The van der Waals surface area contributed by atoms with Gasteiger partial charge in [0.2, 0.25) is 0 Å². The van der Waals surface area contributed by atoms with Gasteiger partial charge in [-0.25, -0.2) is 4.79 Å². The van der Waals surface area contributed by atoms with Crippen LogP contribution in [0.2, 0.25) is 0 Å². The fourth-order valence-electron chi connectivity index (χ4n) is 2.19. The molecule has 1 amide bonds. The van der Waals surface area contributed by atoms with Crippen molar-refractivity contribution in [2.24, 2.45) is 5.92 Å². The van der Waals surface area contributed by atoms with Crippen LogP contribution in [0.1, 0.15) is 40.0 Å². The summed E-state index contributed by atoms with van der Waals surface area (Å²) in [5.74, 6) is 0.576. The molecule has 0 aliphatic heterocycles. The van der Waals surface area contributed by atoms with Gasteiger partial charge in [0, 0.05) is 0 Å². The minimum atomic E-state index is -0.290. The summed E-state index contributed by atoms with van der Waals surface area (Å²) < 4.78 is 4.93. The Balaban J connectivity index is 2.54. The van der Waals surface area contributed by atoms with Crippen LogP contribution in [-0.4, -0.2) is 18.2 Å². The van der Waals surface area contributed by atoms with Gasteiger partial charge in [-0.1, -0.05) is 26.0 Å². The van der Waals surface area contributed by atoms with Gasteiger partial charge >= 0.3 is 6.09 Å². The van der Waals surface area contributed by atoms with Crippen LogP contribution in [0.25, 0.3) is 0 Å². The zero-order valence-electron chi connectivity index (χ0n) is 9.88. The van der Waals surface area contributed by atoms with E-state index in [-0.39, 0.29) is 11.6 Å². The van der Waals surface area contributed by atoms with Crippen LogP contribution in [0, 0.1) is 5.92 Å². The van der Waals surface area contributed by atoms with E-state index >= 15 is 0 Å². The molecule has 0 heterocycles. The lowest BCUT2D eigenvalue weighted by Gasteiger charge is -2.31. The molecule has 0 unspecified atom stereocenters. The van der Waals surface area contributed by atoms with E-state index in [9.17, 15) is 4.79 Å². The lowest BCUT2D eigenvalue weighted by molar-refractivity contribution is 0.134. The molecule has 1 aliphatic rings. The summed E-state index contributed by atoms with van der Waals surface area (Å²) in [6.45, 7) is 6.60. The van der Waals surface area contributed by atoms with Crippen molar-refractivity contribution in [3.63, 3.8) is 0 Å². The summed E-state index contributed by atoms with van der Waals surface area (Å²) >= 11 is 0. The smallest absolute Gasteiger partial charge is 0.407 e. The standard InChI is InChI=1S/C12H21NO2/c1-4-15-11(14)13-12(9-10(2)3)7-5-6-8-12/h5-6,10H,4,7-9H2,1-3H3,(H,13,14). The molecule has 0 radical (unpaired) electrons. The SMILES string of the molecule is CCOC(=O)NC1(CC(C)C)CC=CC1. The minimum Gasteiger partial charge on any atom is -0.450 e. The molecular weight excluding hydrogens is 190 g/mol. The maximum atomic E-state index is 11.4. The van der Waals surface area contributed by atoms with Gasteiger partial charge in [0.1, 0.15) is 0 Å². The first-order chi connectivity index (χ1) is 7.08. The number of hydrogen-bond donors (Lipinski definition) is 1. The quantitative estimate of drug-likeness (QED) is 0.726. The first kappa shape index (κ1) is 12.1. The Morgan fingerprint density at radius 3 is 2.53 bits per heavy atom. The van der Waals surface area contributed by atoms with E-state index in [1.807, 2.05) is 6.92 Å². The van der Waals surface area contributed by atoms with Crippen molar-refractivity contribution in [1.29, 1.82) is 0 Å². The molecule has 0 bridgehead atoms. The van der Waals surface area contributed by atoms with Crippen molar-refractivity contribution in [2.45, 2.75) is 45.6 Å². The van der Waals surface area contributed by atoms with Gasteiger partial charge in [-0.3, -0.25) is 0 Å². The van der Waals surface area contributed by atoms with Crippen LogP contribution in [0.15, 0.2) is 12.2 Å². The van der Waals surface area contributed by atoms with Gasteiger partial charge in [0.15, 0.2) is 0 Å². The van der Waals surface area contributed by atoms with Crippen molar-refractivity contribution in [2.75, 3.05) is 6.61 Å². The third-order valence-corrected chi connectivity index (χ3v) is 2.63. The molecule has 3 heteroatoms. The van der Waals surface area contributed by atoms with Crippen molar-refractivity contribution in [3.8, 4) is 0 Å². The molecular formula is C12H21NO2. The summed E-state index contributed by atoms with van der Waals surface area (Å²) in [7, 11) is 0. The van der Waals surface area contributed by atoms with Crippen LogP contribution in [0.3, 0.4) is 0 Å². The Hall–Kier alpha value is -0.990. The highest BCUT2D eigenvalue weighted by Crippen LogP contribution is 2.30. The Morgan fingerprint density at radius 2 is 2.07 bits per heavy atom. The first-order valence-electron chi connectivity index (χ1n) is 5.68. The molecule has 1 rings (SSSR count). The lowest BCUT2D eigenvalue weighted by atomic mass is 9.87. The van der Waals surface area contributed by atoms with E-state index in [1.54, 1.807) is 0 Å². The highest BCUT2D eigenvalue weighted by Gasteiger charge is 2.33. The van der Waals surface area contributed by atoms with Crippen LogP contribution >= 0.6 is 0 Å². The van der Waals surface area contributed by atoms with Crippen molar-refractivity contribution in [3.05, 3.63) is 12.2 Å². The summed E-state index contributed by atoms with van der Waals surface area (Å²) in [6.07, 6.45) is 6.82. The van der Waals surface area contributed by atoms with Crippen LogP contribution in [0.4, 0.5) is 4.79 Å².